The predicted octanol–water partition coefficient (Wildman–Crippen LogP) is -0.233. The van der Waals surface area contributed by atoms with Crippen molar-refractivity contribution in [2.75, 3.05) is 27.3 Å². The zero-order chi connectivity index (χ0) is 14.0. The van der Waals surface area contributed by atoms with Gasteiger partial charge in [0.15, 0.2) is 0 Å². The lowest BCUT2D eigenvalue weighted by atomic mass is 10.0. The minimum atomic E-state index is -0.187. The molecule has 0 saturated heterocycles. The second-order valence-corrected chi connectivity index (χ2v) is 4.88. The first-order valence-corrected chi connectivity index (χ1v) is 6.32. The van der Waals surface area contributed by atoms with Gasteiger partial charge >= 0.3 is 0 Å². The lowest BCUT2D eigenvalue weighted by Gasteiger charge is -2.28. The largest absolute Gasteiger partial charge is 0.384 e. The first-order valence-electron chi connectivity index (χ1n) is 6.32. The van der Waals surface area contributed by atoms with Crippen molar-refractivity contribution in [1.82, 2.24) is 9.47 Å². The second-order valence-electron chi connectivity index (χ2n) is 4.88. The van der Waals surface area contributed by atoms with E-state index in [1.54, 1.807) is 17.7 Å². The molecule has 2 heterocycles. The molecule has 0 aliphatic carbocycles. The molecular weight excluding hydrogens is 244 g/mol. The Hall–Kier alpha value is -1.66. The Labute approximate surface area is 112 Å². The summed E-state index contributed by atoms with van der Waals surface area (Å²) in [5.41, 5.74) is 7.73. The number of likely N-dealkylation sites (N-methyl/N-ethyl adjacent to an activating group) is 1. The molecule has 1 aliphatic rings. The van der Waals surface area contributed by atoms with Gasteiger partial charge in [-0.25, -0.2) is 0 Å². The summed E-state index contributed by atoms with van der Waals surface area (Å²) < 4.78 is 6.77. The van der Waals surface area contributed by atoms with Crippen LogP contribution < -0.4 is 11.3 Å². The number of nitrogens with one attached hydrogen (secondary N) is 1. The molecule has 104 valence electrons. The predicted molar refractivity (Wildman–Crippen MR) is 73.6 cm³/mol. The fourth-order valence-electron chi connectivity index (χ4n) is 2.47. The smallest absolute Gasteiger partial charge is 0.261 e. The van der Waals surface area contributed by atoms with Crippen LogP contribution in [0.15, 0.2) is 10.9 Å². The van der Waals surface area contributed by atoms with Crippen LogP contribution in [0.4, 0.5) is 0 Å². The number of ether oxygens (including phenoxy) is 1. The van der Waals surface area contributed by atoms with Gasteiger partial charge in [0.2, 0.25) is 0 Å². The molecule has 6 heteroatoms. The Balaban J connectivity index is 2.55. The molecule has 0 aromatic carbocycles. The van der Waals surface area contributed by atoms with E-state index in [0.717, 1.165) is 30.8 Å². The van der Waals surface area contributed by atoms with Crippen LogP contribution in [0.1, 0.15) is 16.8 Å². The van der Waals surface area contributed by atoms with Crippen molar-refractivity contribution in [3.8, 4) is 0 Å². The quantitative estimate of drug-likeness (QED) is 0.581. The number of nitrogens with two attached hydrogens (primary N) is 1. The van der Waals surface area contributed by atoms with Crippen molar-refractivity contribution in [2.24, 2.45) is 5.73 Å². The zero-order valence-corrected chi connectivity index (χ0v) is 11.4. The van der Waals surface area contributed by atoms with Crippen LogP contribution in [0, 0.1) is 5.41 Å². The molecule has 0 spiro atoms. The van der Waals surface area contributed by atoms with Gasteiger partial charge in [0.1, 0.15) is 5.84 Å². The number of nitrogen functional groups attached to an aromatic ring is 1. The molecule has 0 radical (unpaired) electrons. The fourth-order valence-corrected chi connectivity index (χ4v) is 2.47. The van der Waals surface area contributed by atoms with Gasteiger partial charge in [-0.1, -0.05) is 0 Å². The van der Waals surface area contributed by atoms with E-state index < -0.39 is 0 Å². The first kappa shape index (κ1) is 13.8. The number of nitrogens with zero attached hydrogens (tertiary/aromatic N) is 2. The average Bonchev–Trinajstić information content (AvgIpc) is 2.37. The number of fused-ring (bicyclic) bond motifs is 1. The van der Waals surface area contributed by atoms with Crippen LogP contribution >= 0.6 is 0 Å². The summed E-state index contributed by atoms with van der Waals surface area (Å²) in [5.74, 6) is -0.174. The summed E-state index contributed by atoms with van der Waals surface area (Å²) in [5, 5.41) is 7.54. The Morgan fingerprint density at radius 3 is 2.95 bits per heavy atom. The lowest BCUT2D eigenvalue weighted by molar-refractivity contribution is 0.184. The lowest BCUT2D eigenvalue weighted by Crippen LogP contribution is -2.38. The monoisotopic (exact) mass is 264 g/mol. The summed E-state index contributed by atoms with van der Waals surface area (Å²) in [7, 11) is 3.65. The van der Waals surface area contributed by atoms with E-state index in [4.69, 9.17) is 15.9 Å². The molecule has 0 saturated carbocycles. The highest BCUT2D eigenvalue weighted by atomic mass is 16.5. The third-order valence-corrected chi connectivity index (χ3v) is 3.47. The first-order chi connectivity index (χ1) is 9.04. The summed E-state index contributed by atoms with van der Waals surface area (Å²) >= 11 is 0. The van der Waals surface area contributed by atoms with Gasteiger partial charge < -0.3 is 19.9 Å². The molecule has 1 aromatic rings. The third kappa shape index (κ3) is 2.69. The SMILES string of the molecule is COCCn1c2c(cc(C(=N)N)c1=O)CN(C)CC2. The molecule has 1 aliphatic heterocycles. The number of hydrogen-bond donors (Lipinski definition) is 2. The highest BCUT2D eigenvalue weighted by Gasteiger charge is 2.20. The van der Waals surface area contributed by atoms with Crippen molar-refractivity contribution in [1.29, 1.82) is 5.41 Å². The zero-order valence-electron chi connectivity index (χ0n) is 11.4. The fraction of sp³-hybridized carbons (Fsp3) is 0.538. The number of rotatable bonds is 4. The summed E-state index contributed by atoms with van der Waals surface area (Å²) in [4.78, 5) is 14.5. The minimum Gasteiger partial charge on any atom is -0.384 e. The van der Waals surface area contributed by atoms with Crippen LogP contribution in [-0.4, -0.2) is 42.6 Å². The topological polar surface area (TPSA) is 84.3 Å². The molecule has 0 atom stereocenters. The Bertz CT molecular complexity index is 550. The molecule has 6 nitrogen and oxygen atoms in total. The molecule has 0 fully saturated rings. The van der Waals surface area contributed by atoms with E-state index in [2.05, 4.69) is 4.90 Å². The maximum Gasteiger partial charge on any atom is 0.261 e. The standard InChI is InChI=1S/C13H20N4O2/c1-16-4-3-11-9(8-16)7-10(12(14)15)13(18)17(11)5-6-19-2/h7H,3-6,8H2,1-2H3,(H3,14,15). The van der Waals surface area contributed by atoms with Gasteiger partial charge in [0.25, 0.3) is 5.56 Å². The van der Waals surface area contributed by atoms with Crippen LogP contribution in [-0.2, 0) is 24.2 Å². The van der Waals surface area contributed by atoms with E-state index in [1.165, 1.54) is 0 Å². The maximum absolute atomic E-state index is 12.3. The van der Waals surface area contributed by atoms with Crippen molar-refractivity contribution < 1.29 is 4.74 Å². The highest BCUT2D eigenvalue weighted by molar-refractivity contribution is 5.94. The van der Waals surface area contributed by atoms with Gasteiger partial charge in [-0.2, -0.15) is 0 Å². The van der Waals surface area contributed by atoms with Crippen molar-refractivity contribution in [3.63, 3.8) is 0 Å². The molecule has 19 heavy (non-hydrogen) atoms. The van der Waals surface area contributed by atoms with Gasteiger partial charge in [0, 0.05) is 38.9 Å². The molecule has 0 unspecified atom stereocenters. The molecule has 0 amide bonds. The van der Waals surface area contributed by atoms with Gasteiger partial charge in [-0.05, 0) is 18.7 Å². The summed E-state index contributed by atoms with van der Waals surface area (Å²) in [6.07, 6.45) is 0.836. The molecule has 2 rings (SSSR count). The number of hydrogen-bond acceptors (Lipinski definition) is 4. The maximum atomic E-state index is 12.3. The molecule has 0 bridgehead atoms. The minimum absolute atomic E-state index is 0.174. The Kier molecular flexibility index (Phi) is 4.01. The summed E-state index contributed by atoms with van der Waals surface area (Å²) in [6, 6.07) is 1.76. The van der Waals surface area contributed by atoms with E-state index in [0.29, 0.717) is 13.2 Å². The van der Waals surface area contributed by atoms with E-state index >= 15 is 0 Å². The average molecular weight is 264 g/mol. The van der Waals surface area contributed by atoms with Crippen molar-refractivity contribution in [3.05, 3.63) is 33.2 Å². The molecule has 3 N–H and O–H groups in total. The van der Waals surface area contributed by atoms with Crippen LogP contribution in [0.25, 0.3) is 0 Å². The second kappa shape index (κ2) is 5.54. The molecule has 1 aromatic heterocycles. The summed E-state index contributed by atoms with van der Waals surface area (Å²) in [6.45, 7) is 2.69. The van der Waals surface area contributed by atoms with Crippen LogP contribution in [0.5, 0.6) is 0 Å². The van der Waals surface area contributed by atoms with E-state index in [1.807, 2.05) is 7.05 Å². The van der Waals surface area contributed by atoms with Crippen LogP contribution in [0.3, 0.4) is 0 Å². The molecular formula is C13H20N4O2. The normalized spacial score (nSPS) is 15.3. The number of pyridine rings is 1. The van der Waals surface area contributed by atoms with E-state index in [9.17, 15) is 4.79 Å². The van der Waals surface area contributed by atoms with Crippen molar-refractivity contribution >= 4 is 5.84 Å². The Morgan fingerprint density at radius 1 is 1.58 bits per heavy atom. The number of methoxy groups -OCH3 is 1. The van der Waals surface area contributed by atoms with E-state index in [-0.39, 0.29) is 17.0 Å². The number of amidine groups is 1. The van der Waals surface area contributed by atoms with Gasteiger partial charge in [-0.15, -0.1) is 0 Å². The van der Waals surface area contributed by atoms with Gasteiger partial charge in [-0.3, -0.25) is 10.2 Å². The highest BCUT2D eigenvalue weighted by Crippen LogP contribution is 2.17. The van der Waals surface area contributed by atoms with Crippen LogP contribution in [0.2, 0.25) is 0 Å². The third-order valence-electron chi connectivity index (χ3n) is 3.47. The number of aromatic nitrogens is 1. The Morgan fingerprint density at radius 2 is 2.32 bits per heavy atom. The van der Waals surface area contributed by atoms with Crippen molar-refractivity contribution in [2.45, 2.75) is 19.5 Å². The van der Waals surface area contributed by atoms with Gasteiger partial charge in [0.05, 0.1) is 12.2 Å².